The molecule has 208 valence electrons. The zero-order valence-electron chi connectivity index (χ0n) is 21.2. The molecule has 0 bridgehead atoms. The summed E-state index contributed by atoms with van der Waals surface area (Å²) in [4.78, 5) is 32.4. The molecule has 3 aromatic heterocycles. The Labute approximate surface area is 232 Å². The molecule has 4 aromatic rings. The Hall–Kier alpha value is -4.10. The monoisotopic (exact) mass is 570 g/mol. The Kier molecular flexibility index (Phi) is 6.84. The third-order valence-corrected chi connectivity index (χ3v) is 7.55. The van der Waals surface area contributed by atoms with Crippen molar-refractivity contribution in [3.05, 3.63) is 59.6 Å². The first-order chi connectivity index (χ1) is 19.3. The summed E-state index contributed by atoms with van der Waals surface area (Å²) < 4.78 is 33.9. The quantitative estimate of drug-likeness (QED) is 0.350. The number of aromatic nitrogens is 5. The van der Waals surface area contributed by atoms with Crippen LogP contribution in [0.1, 0.15) is 23.2 Å². The van der Waals surface area contributed by atoms with Gasteiger partial charge in [0.1, 0.15) is 23.6 Å². The van der Waals surface area contributed by atoms with Crippen LogP contribution in [0, 0.1) is 5.41 Å². The molecule has 2 N–H and O–H groups in total. The fourth-order valence-electron chi connectivity index (χ4n) is 5.31. The predicted molar refractivity (Wildman–Crippen MR) is 141 cm³/mol. The highest BCUT2D eigenvalue weighted by Crippen LogP contribution is 2.39. The van der Waals surface area contributed by atoms with Gasteiger partial charge >= 0.3 is 6.61 Å². The van der Waals surface area contributed by atoms with Gasteiger partial charge in [0.15, 0.2) is 5.65 Å². The molecule has 11 nitrogen and oxygen atoms in total. The minimum atomic E-state index is -3.10. The lowest BCUT2D eigenvalue weighted by molar-refractivity contribution is -0.146. The van der Waals surface area contributed by atoms with Crippen molar-refractivity contribution in [2.75, 3.05) is 31.5 Å². The second-order valence-corrected chi connectivity index (χ2v) is 10.4. The van der Waals surface area contributed by atoms with Crippen LogP contribution in [-0.4, -0.2) is 73.9 Å². The number of anilines is 1. The summed E-state index contributed by atoms with van der Waals surface area (Å²) in [6, 6.07) is 5.80. The van der Waals surface area contributed by atoms with Gasteiger partial charge < -0.3 is 20.3 Å². The zero-order chi connectivity index (χ0) is 27.9. The molecule has 1 aromatic carbocycles. The molecule has 0 saturated carbocycles. The van der Waals surface area contributed by atoms with E-state index in [0.29, 0.717) is 18.7 Å². The lowest BCUT2D eigenvalue weighted by Gasteiger charge is -2.52. The van der Waals surface area contributed by atoms with E-state index < -0.39 is 12.5 Å². The summed E-state index contributed by atoms with van der Waals surface area (Å²) in [5.74, 6) is -0.854. The van der Waals surface area contributed by atoms with Crippen LogP contribution in [0.4, 0.5) is 14.5 Å². The Morgan fingerprint density at radius 2 is 2.02 bits per heavy atom. The SMILES string of the molecule is O=C(Nc1cn(CC(=O)N2CC3(CCNCC3)C2)nc1-c1cc(Cl)ccc1OC(F)F)c1cnn2cccnc12. The molecule has 5 heterocycles. The number of amides is 2. The molecule has 2 aliphatic heterocycles. The number of carbonyl (C=O) groups is 2. The molecule has 2 saturated heterocycles. The van der Waals surface area contributed by atoms with Gasteiger partial charge in [-0.2, -0.15) is 19.0 Å². The number of carbonyl (C=O) groups excluding carboxylic acids is 2. The third-order valence-electron chi connectivity index (χ3n) is 7.31. The summed E-state index contributed by atoms with van der Waals surface area (Å²) in [7, 11) is 0. The molecule has 0 unspecified atom stereocenters. The fraction of sp³-hybridized carbons (Fsp3) is 0.346. The van der Waals surface area contributed by atoms with Gasteiger partial charge in [0.2, 0.25) is 5.91 Å². The van der Waals surface area contributed by atoms with Crippen LogP contribution in [0.2, 0.25) is 5.02 Å². The van der Waals surface area contributed by atoms with E-state index in [-0.39, 0.29) is 51.1 Å². The number of rotatable bonds is 7. The van der Waals surface area contributed by atoms with Crippen LogP contribution in [0.15, 0.2) is 49.1 Å². The van der Waals surface area contributed by atoms with E-state index in [2.05, 4.69) is 25.8 Å². The lowest BCUT2D eigenvalue weighted by atomic mass is 9.72. The number of likely N-dealkylation sites (tertiary alicyclic amines) is 1. The highest BCUT2D eigenvalue weighted by molar-refractivity contribution is 6.31. The van der Waals surface area contributed by atoms with Crippen LogP contribution in [-0.2, 0) is 11.3 Å². The molecular weight excluding hydrogens is 546 g/mol. The van der Waals surface area contributed by atoms with E-state index in [4.69, 9.17) is 16.3 Å². The fourth-order valence-corrected chi connectivity index (χ4v) is 5.48. The Morgan fingerprint density at radius 1 is 1.23 bits per heavy atom. The predicted octanol–water partition coefficient (Wildman–Crippen LogP) is 3.31. The highest BCUT2D eigenvalue weighted by Gasteiger charge is 2.45. The van der Waals surface area contributed by atoms with Gasteiger partial charge in [0.25, 0.3) is 5.91 Å². The van der Waals surface area contributed by atoms with Gasteiger partial charge in [0, 0.05) is 47.7 Å². The number of benzene rings is 1. The highest BCUT2D eigenvalue weighted by atomic mass is 35.5. The normalized spacial score (nSPS) is 16.4. The molecule has 40 heavy (non-hydrogen) atoms. The minimum absolute atomic E-state index is 0.0962. The molecule has 0 radical (unpaired) electrons. The average Bonchev–Trinajstić information content (AvgIpc) is 3.52. The molecule has 2 amide bonds. The Bertz CT molecular complexity index is 1580. The number of hydrogen-bond acceptors (Lipinski definition) is 7. The van der Waals surface area contributed by atoms with E-state index >= 15 is 0 Å². The number of alkyl halides is 2. The number of ether oxygens (including phenoxy) is 1. The van der Waals surface area contributed by atoms with Gasteiger partial charge in [0.05, 0.1) is 11.9 Å². The maximum Gasteiger partial charge on any atom is 0.387 e. The van der Waals surface area contributed by atoms with E-state index in [1.807, 2.05) is 0 Å². The number of fused-ring (bicyclic) bond motifs is 1. The first-order valence-electron chi connectivity index (χ1n) is 12.7. The molecule has 2 aliphatic rings. The van der Waals surface area contributed by atoms with Crippen LogP contribution in [0.3, 0.4) is 0 Å². The van der Waals surface area contributed by atoms with E-state index in [1.165, 1.54) is 46.0 Å². The molecule has 2 fully saturated rings. The second kappa shape index (κ2) is 10.5. The maximum atomic E-state index is 13.3. The van der Waals surface area contributed by atoms with Crippen LogP contribution >= 0.6 is 11.6 Å². The van der Waals surface area contributed by atoms with E-state index in [9.17, 15) is 18.4 Å². The molecule has 0 atom stereocenters. The first-order valence-corrected chi connectivity index (χ1v) is 13.1. The Morgan fingerprint density at radius 3 is 2.80 bits per heavy atom. The van der Waals surface area contributed by atoms with Crippen molar-refractivity contribution < 1.29 is 23.1 Å². The number of nitrogens with one attached hydrogen (secondary N) is 2. The smallest absolute Gasteiger partial charge is 0.387 e. The van der Waals surface area contributed by atoms with Gasteiger partial charge in [-0.1, -0.05) is 11.6 Å². The van der Waals surface area contributed by atoms with Gasteiger partial charge in [-0.3, -0.25) is 14.3 Å². The third kappa shape index (κ3) is 5.09. The summed E-state index contributed by atoms with van der Waals surface area (Å²) in [5.41, 5.74) is 1.11. The van der Waals surface area contributed by atoms with Crippen molar-refractivity contribution in [2.45, 2.75) is 26.0 Å². The van der Waals surface area contributed by atoms with Crippen molar-refractivity contribution in [2.24, 2.45) is 5.41 Å². The van der Waals surface area contributed by atoms with Gasteiger partial charge in [-0.25, -0.2) is 9.50 Å². The number of piperidine rings is 1. The molecule has 6 rings (SSSR count). The summed E-state index contributed by atoms with van der Waals surface area (Å²) in [6.45, 7) is 0.0689. The average molecular weight is 571 g/mol. The number of halogens is 3. The number of nitrogens with zero attached hydrogens (tertiary/aromatic N) is 6. The van der Waals surface area contributed by atoms with Crippen LogP contribution in [0.5, 0.6) is 5.75 Å². The molecule has 1 spiro atoms. The lowest BCUT2D eigenvalue weighted by Crippen LogP contribution is -2.62. The molecule has 0 aliphatic carbocycles. The van der Waals surface area contributed by atoms with Crippen molar-refractivity contribution in [3.63, 3.8) is 0 Å². The summed E-state index contributed by atoms with van der Waals surface area (Å²) in [6.07, 6.45) is 8.09. The van der Waals surface area contributed by atoms with Crippen molar-refractivity contribution in [3.8, 4) is 17.0 Å². The van der Waals surface area contributed by atoms with E-state index in [0.717, 1.165) is 25.9 Å². The van der Waals surface area contributed by atoms with E-state index in [1.54, 1.807) is 17.2 Å². The molecular formula is C26H25ClF2N8O3. The molecule has 14 heteroatoms. The Balaban J connectivity index is 1.30. The largest absolute Gasteiger partial charge is 0.434 e. The van der Waals surface area contributed by atoms with Gasteiger partial charge in [-0.15, -0.1) is 0 Å². The summed E-state index contributed by atoms with van der Waals surface area (Å²) >= 11 is 6.19. The minimum Gasteiger partial charge on any atom is -0.434 e. The van der Waals surface area contributed by atoms with Gasteiger partial charge in [-0.05, 0) is 50.2 Å². The second-order valence-electron chi connectivity index (χ2n) is 10.0. The standard InChI is InChI=1S/C26H25ClF2N8O3/c27-16-2-3-20(40-25(28)29)17(10-16)22-19(33-24(39)18-11-32-37-9-1-6-31-23(18)37)12-36(34-22)13-21(38)35-14-26(15-35)4-7-30-8-5-26/h1-3,6,9-12,25,30H,4-5,7-8,13-15H2,(H,33,39). The van der Waals surface area contributed by atoms with Crippen LogP contribution in [0.25, 0.3) is 16.9 Å². The van der Waals surface area contributed by atoms with Crippen LogP contribution < -0.4 is 15.4 Å². The first kappa shape index (κ1) is 26.1. The maximum absolute atomic E-state index is 13.3. The van der Waals surface area contributed by atoms with Crippen molar-refractivity contribution in [1.29, 1.82) is 0 Å². The van der Waals surface area contributed by atoms with Crippen molar-refractivity contribution >= 4 is 34.7 Å². The topological polar surface area (TPSA) is 119 Å². The zero-order valence-corrected chi connectivity index (χ0v) is 21.9. The van der Waals surface area contributed by atoms with Crippen molar-refractivity contribution in [1.82, 2.24) is 34.6 Å². The summed E-state index contributed by atoms with van der Waals surface area (Å²) in [5, 5.41) is 15.0. The number of hydrogen-bond donors (Lipinski definition) is 2.